The summed E-state index contributed by atoms with van der Waals surface area (Å²) in [7, 11) is 0. The molecule has 1 aliphatic rings. The van der Waals surface area contributed by atoms with Gasteiger partial charge in [0.15, 0.2) is 0 Å². The molecule has 3 atom stereocenters. The Morgan fingerprint density at radius 2 is 2.38 bits per heavy atom. The second-order valence-electron chi connectivity index (χ2n) is 3.70. The molecule has 0 radical (unpaired) electrons. The molecule has 0 heterocycles. The molecule has 13 heavy (non-hydrogen) atoms. The smallest absolute Gasteiger partial charge is 0.315 e. The van der Waals surface area contributed by atoms with Crippen LogP contribution in [0.15, 0.2) is 0 Å². The van der Waals surface area contributed by atoms with Crippen molar-refractivity contribution >= 4 is 6.03 Å². The predicted octanol–water partition coefficient (Wildman–Crippen LogP) is 0.854. The SMILES string of the molecule is CC(C#N)CNC(=O)NC1CC1C. The largest absolute Gasteiger partial charge is 0.337 e. The minimum absolute atomic E-state index is 0.123. The van der Waals surface area contributed by atoms with Crippen LogP contribution >= 0.6 is 0 Å². The van der Waals surface area contributed by atoms with Gasteiger partial charge in [-0.1, -0.05) is 6.92 Å². The third-order valence-corrected chi connectivity index (χ3v) is 2.22. The lowest BCUT2D eigenvalue weighted by Gasteiger charge is -2.07. The van der Waals surface area contributed by atoms with E-state index in [9.17, 15) is 4.79 Å². The Morgan fingerprint density at radius 1 is 1.77 bits per heavy atom. The first-order chi connectivity index (χ1) is 6.13. The summed E-state index contributed by atoms with van der Waals surface area (Å²) in [6, 6.07) is 2.24. The topological polar surface area (TPSA) is 64.9 Å². The van der Waals surface area contributed by atoms with E-state index >= 15 is 0 Å². The molecule has 1 aliphatic carbocycles. The molecule has 4 heteroatoms. The highest BCUT2D eigenvalue weighted by Crippen LogP contribution is 2.28. The molecular weight excluding hydrogens is 166 g/mol. The second-order valence-corrected chi connectivity index (χ2v) is 3.70. The maximum absolute atomic E-state index is 11.1. The first kappa shape index (κ1) is 9.85. The fourth-order valence-corrected chi connectivity index (χ4v) is 1.03. The van der Waals surface area contributed by atoms with Gasteiger partial charge in [0, 0.05) is 12.6 Å². The van der Waals surface area contributed by atoms with E-state index in [0.717, 1.165) is 6.42 Å². The minimum atomic E-state index is -0.156. The van der Waals surface area contributed by atoms with Crippen molar-refractivity contribution in [1.29, 1.82) is 5.26 Å². The maximum atomic E-state index is 11.1. The molecule has 2 N–H and O–H groups in total. The number of nitrogens with one attached hydrogen (secondary N) is 2. The average Bonchev–Trinajstić information content (AvgIpc) is 2.77. The summed E-state index contributed by atoms with van der Waals surface area (Å²) in [4.78, 5) is 11.1. The van der Waals surface area contributed by atoms with Crippen LogP contribution in [0.3, 0.4) is 0 Å². The summed E-state index contributed by atoms with van der Waals surface area (Å²) in [5.74, 6) is 0.488. The minimum Gasteiger partial charge on any atom is -0.337 e. The first-order valence-corrected chi connectivity index (χ1v) is 4.57. The van der Waals surface area contributed by atoms with Gasteiger partial charge >= 0.3 is 6.03 Å². The van der Waals surface area contributed by atoms with E-state index in [-0.39, 0.29) is 11.9 Å². The third kappa shape index (κ3) is 3.32. The van der Waals surface area contributed by atoms with Crippen molar-refractivity contribution in [2.45, 2.75) is 26.3 Å². The van der Waals surface area contributed by atoms with Gasteiger partial charge < -0.3 is 10.6 Å². The molecule has 1 saturated carbocycles. The molecule has 3 unspecified atom stereocenters. The Labute approximate surface area is 78.3 Å². The predicted molar refractivity (Wildman–Crippen MR) is 48.9 cm³/mol. The molecule has 0 bridgehead atoms. The Morgan fingerprint density at radius 3 is 2.85 bits per heavy atom. The number of amides is 2. The summed E-state index contributed by atoms with van der Waals surface area (Å²) in [5.41, 5.74) is 0. The Kier molecular flexibility index (Phi) is 3.13. The molecule has 0 saturated heterocycles. The summed E-state index contributed by atoms with van der Waals surface area (Å²) >= 11 is 0. The van der Waals surface area contributed by atoms with Crippen LogP contribution in [-0.4, -0.2) is 18.6 Å². The van der Waals surface area contributed by atoms with Crippen LogP contribution in [0.1, 0.15) is 20.3 Å². The highest BCUT2D eigenvalue weighted by molar-refractivity contribution is 5.74. The summed E-state index contributed by atoms with van der Waals surface area (Å²) in [5, 5.41) is 13.9. The van der Waals surface area contributed by atoms with Gasteiger partial charge in [-0.2, -0.15) is 5.26 Å². The van der Waals surface area contributed by atoms with Gasteiger partial charge in [-0.15, -0.1) is 0 Å². The molecule has 0 spiro atoms. The molecule has 1 fully saturated rings. The van der Waals surface area contributed by atoms with Crippen LogP contribution in [0.5, 0.6) is 0 Å². The van der Waals surface area contributed by atoms with Gasteiger partial charge in [0.25, 0.3) is 0 Å². The number of hydrogen-bond donors (Lipinski definition) is 2. The molecule has 0 aliphatic heterocycles. The van der Waals surface area contributed by atoms with Crippen LogP contribution < -0.4 is 10.6 Å². The lowest BCUT2D eigenvalue weighted by molar-refractivity contribution is 0.239. The molecule has 1 rings (SSSR count). The standard InChI is InChI=1S/C9H15N3O/c1-6(4-10)5-11-9(13)12-8-3-7(8)2/h6-8H,3,5H2,1-2H3,(H2,11,12,13). The maximum Gasteiger partial charge on any atom is 0.315 e. The van der Waals surface area contributed by atoms with Crippen LogP contribution in [-0.2, 0) is 0 Å². The third-order valence-electron chi connectivity index (χ3n) is 2.22. The van der Waals surface area contributed by atoms with Crippen LogP contribution in [0, 0.1) is 23.2 Å². The van der Waals surface area contributed by atoms with Gasteiger partial charge in [0.2, 0.25) is 0 Å². The molecule has 0 aromatic rings. The van der Waals surface area contributed by atoms with Crippen molar-refractivity contribution in [2.75, 3.05) is 6.54 Å². The normalized spacial score (nSPS) is 27.2. The van der Waals surface area contributed by atoms with Crippen molar-refractivity contribution in [3.63, 3.8) is 0 Å². The van der Waals surface area contributed by atoms with Crippen molar-refractivity contribution in [3.8, 4) is 6.07 Å². The summed E-state index contributed by atoms with van der Waals surface area (Å²) in [6.45, 7) is 4.30. The van der Waals surface area contributed by atoms with Crippen molar-refractivity contribution in [2.24, 2.45) is 11.8 Å². The molecule has 4 nitrogen and oxygen atoms in total. The molecule has 72 valence electrons. The number of rotatable bonds is 3. The van der Waals surface area contributed by atoms with Gasteiger partial charge in [-0.3, -0.25) is 0 Å². The highest BCUT2D eigenvalue weighted by Gasteiger charge is 2.33. The number of hydrogen-bond acceptors (Lipinski definition) is 2. The van der Waals surface area contributed by atoms with Gasteiger partial charge in [-0.25, -0.2) is 4.79 Å². The zero-order valence-corrected chi connectivity index (χ0v) is 8.00. The summed E-state index contributed by atoms with van der Waals surface area (Å²) < 4.78 is 0. The van der Waals surface area contributed by atoms with Gasteiger partial charge in [0.05, 0.1) is 12.0 Å². The number of nitriles is 1. The summed E-state index contributed by atoms with van der Waals surface area (Å²) in [6.07, 6.45) is 1.07. The number of urea groups is 1. The number of carbonyl (C=O) groups excluding carboxylic acids is 1. The van der Waals surface area contributed by atoms with Crippen molar-refractivity contribution < 1.29 is 4.79 Å². The van der Waals surface area contributed by atoms with Gasteiger partial charge in [-0.05, 0) is 19.3 Å². The van der Waals surface area contributed by atoms with E-state index in [1.807, 2.05) is 0 Å². The molecule has 0 aromatic heterocycles. The Balaban J connectivity index is 2.08. The number of nitrogens with zero attached hydrogens (tertiary/aromatic N) is 1. The average molecular weight is 181 g/mol. The quantitative estimate of drug-likeness (QED) is 0.678. The van der Waals surface area contributed by atoms with E-state index in [4.69, 9.17) is 5.26 Å². The molecule has 2 amide bonds. The van der Waals surface area contributed by atoms with E-state index in [0.29, 0.717) is 18.5 Å². The fraction of sp³-hybridized carbons (Fsp3) is 0.778. The van der Waals surface area contributed by atoms with Gasteiger partial charge in [0.1, 0.15) is 0 Å². The van der Waals surface area contributed by atoms with Crippen molar-refractivity contribution in [1.82, 2.24) is 10.6 Å². The monoisotopic (exact) mass is 181 g/mol. The Hall–Kier alpha value is -1.24. The first-order valence-electron chi connectivity index (χ1n) is 4.57. The second kappa shape index (κ2) is 4.13. The van der Waals surface area contributed by atoms with Crippen LogP contribution in [0.4, 0.5) is 4.79 Å². The lowest BCUT2D eigenvalue weighted by Crippen LogP contribution is -2.39. The molecular formula is C9H15N3O. The number of carbonyl (C=O) groups is 1. The lowest BCUT2D eigenvalue weighted by atomic mass is 10.2. The van der Waals surface area contributed by atoms with E-state index in [1.54, 1.807) is 6.92 Å². The van der Waals surface area contributed by atoms with E-state index in [2.05, 4.69) is 23.6 Å². The van der Waals surface area contributed by atoms with Crippen molar-refractivity contribution in [3.05, 3.63) is 0 Å². The molecule has 0 aromatic carbocycles. The van der Waals surface area contributed by atoms with E-state index in [1.165, 1.54) is 0 Å². The van der Waals surface area contributed by atoms with Crippen LogP contribution in [0.25, 0.3) is 0 Å². The fourth-order valence-electron chi connectivity index (χ4n) is 1.03. The van der Waals surface area contributed by atoms with Crippen LogP contribution in [0.2, 0.25) is 0 Å². The van der Waals surface area contributed by atoms with E-state index < -0.39 is 0 Å². The highest BCUT2D eigenvalue weighted by atomic mass is 16.2. The Bertz CT molecular complexity index is 234. The zero-order chi connectivity index (χ0) is 9.84. The zero-order valence-electron chi connectivity index (χ0n) is 8.00.